The van der Waals surface area contributed by atoms with Crippen molar-refractivity contribution in [2.75, 3.05) is 18.5 Å². The summed E-state index contributed by atoms with van der Waals surface area (Å²) in [5, 5.41) is 11.9. The zero-order chi connectivity index (χ0) is 8.97. The third kappa shape index (κ3) is 2.62. The second-order valence-electron chi connectivity index (χ2n) is 2.13. The van der Waals surface area contributed by atoms with Gasteiger partial charge in [0, 0.05) is 17.2 Å². The van der Waals surface area contributed by atoms with Gasteiger partial charge in [-0.1, -0.05) is 11.6 Å². The Hall–Kier alpha value is -0.320. The lowest BCUT2D eigenvalue weighted by molar-refractivity contribution is 0.311. The van der Waals surface area contributed by atoms with Gasteiger partial charge in [0.1, 0.15) is 5.82 Å². The molecule has 0 aliphatic carbocycles. The Kier molecular flexibility index (Phi) is 3.78. The zero-order valence-electron chi connectivity index (χ0n) is 6.22. The minimum atomic E-state index is 0.0636. The maximum Gasteiger partial charge on any atom is 0.144 e. The first-order chi connectivity index (χ1) is 5.74. The molecule has 0 bridgehead atoms. The van der Waals surface area contributed by atoms with Crippen LogP contribution < -0.4 is 5.32 Å². The fourth-order valence-electron chi connectivity index (χ4n) is 0.719. The van der Waals surface area contributed by atoms with E-state index in [9.17, 15) is 0 Å². The third-order valence-electron chi connectivity index (χ3n) is 1.21. The molecule has 2 N–H and O–H groups in total. The van der Waals surface area contributed by atoms with Gasteiger partial charge in [-0.2, -0.15) is 0 Å². The number of hydrogen-bond acceptors (Lipinski definition) is 3. The summed E-state index contributed by atoms with van der Waals surface area (Å²) in [6, 6.07) is 1.74. The molecule has 0 aromatic carbocycles. The maximum absolute atomic E-state index is 8.53. The average molecular weight is 252 g/mol. The van der Waals surface area contributed by atoms with Crippen LogP contribution >= 0.6 is 27.5 Å². The van der Waals surface area contributed by atoms with Crippen LogP contribution in [0.25, 0.3) is 0 Å². The van der Waals surface area contributed by atoms with Crippen LogP contribution in [0.15, 0.2) is 16.7 Å². The normalized spacial score (nSPS) is 9.92. The van der Waals surface area contributed by atoms with E-state index in [1.54, 1.807) is 12.3 Å². The van der Waals surface area contributed by atoms with E-state index >= 15 is 0 Å². The van der Waals surface area contributed by atoms with Gasteiger partial charge in [0.2, 0.25) is 0 Å². The van der Waals surface area contributed by atoms with Crippen LogP contribution in [0.3, 0.4) is 0 Å². The first-order valence-electron chi connectivity index (χ1n) is 3.40. The monoisotopic (exact) mass is 250 g/mol. The van der Waals surface area contributed by atoms with Gasteiger partial charge < -0.3 is 10.4 Å². The highest BCUT2D eigenvalue weighted by Gasteiger charge is 2.00. The standard InChI is InChI=1S/C7H8BrClN2O/c8-5-3-6(9)7(11-4-5)10-1-2-12/h3-4,12H,1-2H2,(H,10,11). The predicted molar refractivity (Wildman–Crippen MR) is 52.5 cm³/mol. The van der Waals surface area contributed by atoms with Crippen LogP contribution in [0.4, 0.5) is 5.82 Å². The van der Waals surface area contributed by atoms with Crippen LogP contribution in [0, 0.1) is 0 Å². The van der Waals surface area contributed by atoms with E-state index in [0.29, 0.717) is 17.4 Å². The number of halogens is 2. The second kappa shape index (κ2) is 4.64. The third-order valence-corrected chi connectivity index (χ3v) is 1.93. The average Bonchev–Trinajstić information content (AvgIpc) is 2.03. The number of pyridine rings is 1. The summed E-state index contributed by atoms with van der Waals surface area (Å²) in [4.78, 5) is 4.01. The van der Waals surface area contributed by atoms with E-state index in [4.69, 9.17) is 16.7 Å². The Morgan fingerprint density at radius 1 is 1.67 bits per heavy atom. The maximum atomic E-state index is 8.53. The lowest BCUT2D eigenvalue weighted by Crippen LogP contribution is -2.07. The molecule has 0 fully saturated rings. The van der Waals surface area contributed by atoms with Gasteiger partial charge in [-0.05, 0) is 22.0 Å². The molecule has 1 aromatic heterocycles. The lowest BCUT2D eigenvalue weighted by Gasteiger charge is -2.04. The molecule has 5 heteroatoms. The van der Waals surface area contributed by atoms with Crippen molar-refractivity contribution >= 4 is 33.3 Å². The van der Waals surface area contributed by atoms with Crippen molar-refractivity contribution in [1.82, 2.24) is 4.98 Å². The SMILES string of the molecule is OCCNc1ncc(Br)cc1Cl. The molecule has 3 nitrogen and oxygen atoms in total. The lowest BCUT2D eigenvalue weighted by atomic mass is 10.4. The van der Waals surface area contributed by atoms with Gasteiger partial charge >= 0.3 is 0 Å². The molecular weight excluding hydrogens is 243 g/mol. The Labute approximate surface area is 83.9 Å². The molecule has 0 spiro atoms. The number of hydrogen-bond donors (Lipinski definition) is 2. The largest absolute Gasteiger partial charge is 0.395 e. The number of rotatable bonds is 3. The molecule has 0 saturated carbocycles. The second-order valence-corrected chi connectivity index (χ2v) is 3.46. The summed E-state index contributed by atoms with van der Waals surface area (Å²) in [5.74, 6) is 0.592. The van der Waals surface area contributed by atoms with Gasteiger partial charge in [-0.3, -0.25) is 0 Å². The molecular formula is C7H8BrClN2O. The van der Waals surface area contributed by atoms with Gasteiger partial charge in [-0.25, -0.2) is 4.98 Å². The van der Waals surface area contributed by atoms with Crippen LogP contribution in [0.5, 0.6) is 0 Å². The molecule has 12 heavy (non-hydrogen) atoms. The van der Waals surface area contributed by atoms with E-state index in [1.807, 2.05) is 0 Å². The highest BCUT2D eigenvalue weighted by atomic mass is 79.9. The molecule has 0 atom stereocenters. The van der Waals surface area contributed by atoms with Crippen LogP contribution in [0.1, 0.15) is 0 Å². The number of aliphatic hydroxyl groups excluding tert-OH is 1. The number of anilines is 1. The highest BCUT2D eigenvalue weighted by molar-refractivity contribution is 9.10. The van der Waals surface area contributed by atoms with Gasteiger partial charge in [-0.15, -0.1) is 0 Å². The van der Waals surface area contributed by atoms with E-state index in [1.165, 1.54) is 0 Å². The molecule has 1 rings (SSSR count). The number of aromatic nitrogens is 1. The van der Waals surface area contributed by atoms with Gasteiger partial charge in [0.15, 0.2) is 0 Å². The topological polar surface area (TPSA) is 45.1 Å². The number of nitrogens with one attached hydrogen (secondary N) is 1. The van der Waals surface area contributed by atoms with Crippen molar-refractivity contribution in [2.24, 2.45) is 0 Å². The van der Waals surface area contributed by atoms with E-state index in [0.717, 1.165) is 4.47 Å². The van der Waals surface area contributed by atoms with Crippen molar-refractivity contribution in [1.29, 1.82) is 0 Å². The van der Waals surface area contributed by atoms with E-state index in [-0.39, 0.29) is 6.61 Å². The Bertz CT molecular complexity index is 270. The highest BCUT2D eigenvalue weighted by Crippen LogP contribution is 2.22. The molecule has 0 radical (unpaired) electrons. The summed E-state index contributed by atoms with van der Waals surface area (Å²) >= 11 is 9.07. The summed E-state index contributed by atoms with van der Waals surface area (Å²) in [7, 11) is 0. The van der Waals surface area contributed by atoms with E-state index < -0.39 is 0 Å². The van der Waals surface area contributed by atoms with Gasteiger partial charge in [0.25, 0.3) is 0 Å². The summed E-state index contributed by atoms with van der Waals surface area (Å²) < 4.78 is 0.835. The first-order valence-corrected chi connectivity index (χ1v) is 4.57. The predicted octanol–water partition coefficient (Wildman–Crippen LogP) is 1.90. The summed E-state index contributed by atoms with van der Waals surface area (Å²) in [6.45, 7) is 0.516. The fraction of sp³-hybridized carbons (Fsp3) is 0.286. The molecule has 0 amide bonds. The van der Waals surface area contributed by atoms with Crippen molar-refractivity contribution in [2.45, 2.75) is 0 Å². The Morgan fingerprint density at radius 3 is 3.00 bits per heavy atom. The number of nitrogens with zero attached hydrogens (tertiary/aromatic N) is 1. The molecule has 0 saturated heterocycles. The Balaban J connectivity index is 2.72. The summed E-state index contributed by atoms with van der Waals surface area (Å²) in [6.07, 6.45) is 1.64. The van der Waals surface area contributed by atoms with Crippen LogP contribution in [-0.4, -0.2) is 23.2 Å². The number of aliphatic hydroxyl groups is 1. The minimum absolute atomic E-state index is 0.0636. The smallest absolute Gasteiger partial charge is 0.144 e. The molecule has 0 aliphatic heterocycles. The van der Waals surface area contributed by atoms with Crippen molar-refractivity contribution < 1.29 is 5.11 Å². The van der Waals surface area contributed by atoms with Gasteiger partial charge in [0.05, 0.1) is 11.6 Å². The van der Waals surface area contributed by atoms with Crippen molar-refractivity contribution in [3.63, 3.8) is 0 Å². The first kappa shape index (κ1) is 9.77. The van der Waals surface area contributed by atoms with Crippen molar-refractivity contribution in [3.8, 4) is 0 Å². The quantitative estimate of drug-likeness (QED) is 0.862. The molecule has 0 unspecified atom stereocenters. The summed E-state index contributed by atoms with van der Waals surface area (Å²) in [5.41, 5.74) is 0. The molecule has 66 valence electrons. The minimum Gasteiger partial charge on any atom is -0.395 e. The molecule has 0 aliphatic rings. The van der Waals surface area contributed by atoms with Crippen LogP contribution in [0.2, 0.25) is 5.02 Å². The zero-order valence-corrected chi connectivity index (χ0v) is 8.56. The fourth-order valence-corrected chi connectivity index (χ4v) is 1.42. The molecule has 1 aromatic rings. The Morgan fingerprint density at radius 2 is 2.42 bits per heavy atom. The molecule has 1 heterocycles. The van der Waals surface area contributed by atoms with Crippen molar-refractivity contribution in [3.05, 3.63) is 21.8 Å². The van der Waals surface area contributed by atoms with E-state index in [2.05, 4.69) is 26.2 Å². The van der Waals surface area contributed by atoms with Crippen LogP contribution in [-0.2, 0) is 0 Å².